The minimum atomic E-state index is 0.476. The molecule has 0 radical (unpaired) electrons. The van der Waals surface area contributed by atoms with E-state index in [0.717, 1.165) is 17.0 Å². The third-order valence-electron chi connectivity index (χ3n) is 2.57. The highest BCUT2D eigenvalue weighted by atomic mass is 32.2. The molecule has 2 N–H and O–H groups in total. The van der Waals surface area contributed by atoms with Crippen LogP contribution in [0.1, 0.15) is 11.3 Å². The molecule has 0 aliphatic rings. The van der Waals surface area contributed by atoms with Gasteiger partial charge in [-0.2, -0.15) is 0 Å². The molecule has 0 saturated carbocycles. The summed E-state index contributed by atoms with van der Waals surface area (Å²) < 4.78 is 5.66. The molecular formula is C14H16N2OS. The molecule has 0 atom stereocenters. The SMILES string of the molecule is CSc1ccc(OCc2ccc(CN)cn2)cc1. The van der Waals surface area contributed by atoms with Gasteiger partial charge in [0.15, 0.2) is 0 Å². The Kier molecular flexibility index (Phi) is 4.61. The van der Waals surface area contributed by atoms with Gasteiger partial charge in [-0.15, -0.1) is 11.8 Å². The summed E-state index contributed by atoms with van der Waals surface area (Å²) in [6.07, 6.45) is 3.84. The van der Waals surface area contributed by atoms with Gasteiger partial charge in [0, 0.05) is 17.6 Å². The lowest BCUT2D eigenvalue weighted by Crippen LogP contribution is -2.01. The van der Waals surface area contributed by atoms with Gasteiger partial charge in [0.05, 0.1) is 5.69 Å². The van der Waals surface area contributed by atoms with E-state index >= 15 is 0 Å². The fourth-order valence-electron chi connectivity index (χ4n) is 1.49. The minimum absolute atomic E-state index is 0.476. The molecule has 0 bridgehead atoms. The molecule has 2 aromatic rings. The Morgan fingerprint density at radius 2 is 1.94 bits per heavy atom. The Morgan fingerprint density at radius 1 is 1.17 bits per heavy atom. The molecule has 0 aliphatic carbocycles. The lowest BCUT2D eigenvalue weighted by molar-refractivity contribution is 0.301. The predicted molar refractivity (Wildman–Crippen MR) is 74.7 cm³/mol. The number of hydrogen-bond acceptors (Lipinski definition) is 4. The zero-order valence-corrected chi connectivity index (χ0v) is 11.1. The minimum Gasteiger partial charge on any atom is -0.487 e. The Bertz CT molecular complexity index is 435. The van der Waals surface area contributed by atoms with Crippen LogP contribution in [-0.4, -0.2) is 11.2 Å². The van der Waals surface area contributed by atoms with Crippen molar-refractivity contribution < 1.29 is 4.74 Å². The third-order valence-corrected chi connectivity index (χ3v) is 3.31. The molecule has 1 aromatic carbocycles. The Labute approximate surface area is 111 Å². The number of thioether (sulfide) groups is 1. The van der Waals surface area contributed by atoms with Crippen LogP contribution in [0.5, 0.6) is 5.75 Å². The van der Waals surface area contributed by atoms with E-state index in [0.29, 0.717) is 13.2 Å². The van der Waals surface area contributed by atoms with E-state index in [1.165, 1.54) is 4.90 Å². The van der Waals surface area contributed by atoms with Crippen molar-refractivity contribution in [2.45, 2.75) is 18.0 Å². The fourth-order valence-corrected chi connectivity index (χ4v) is 1.90. The number of nitrogens with zero attached hydrogens (tertiary/aromatic N) is 1. The van der Waals surface area contributed by atoms with Crippen LogP contribution in [0.25, 0.3) is 0 Å². The zero-order chi connectivity index (χ0) is 12.8. The summed E-state index contributed by atoms with van der Waals surface area (Å²) in [7, 11) is 0. The molecule has 0 fully saturated rings. The van der Waals surface area contributed by atoms with Gasteiger partial charge in [0.1, 0.15) is 12.4 Å². The van der Waals surface area contributed by atoms with Crippen LogP contribution in [0.4, 0.5) is 0 Å². The quantitative estimate of drug-likeness (QED) is 0.840. The van der Waals surface area contributed by atoms with Gasteiger partial charge in [-0.25, -0.2) is 0 Å². The largest absolute Gasteiger partial charge is 0.487 e. The van der Waals surface area contributed by atoms with Crippen molar-refractivity contribution in [2.75, 3.05) is 6.26 Å². The van der Waals surface area contributed by atoms with Gasteiger partial charge < -0.3 is 10.5 Å². The summed E-state index contributed by atoms with van der Waals surface area (Å²) in [6, 6.07) is 12.0. The average Bonchev–Trinajstić information content (AvgIpc) is 2.46. The van der Waals surface area contributed by atoms with Gasteiger partial charge in [-0.1, -0.05) is 6.07 Å². The van der Waals surface area contributed by atoms with E-state index < -0.39 is 0 Å². The van der Waals surface area contributed by atoms with E-state index in [2.05, 4.69) is 11.2 Å². The highest BCUT2D eigenvalue weighted by Gasteiger charge is 1.98. The second-order valence-corrected chi connectivity index (χ2v) is 4.71. The molecule has 4 heteroatoms. The molecule has 0 amide bonds. The highest BCUT2D eigenvalue weighted by molar-refractivity contribution is 7.98. The van der Waals surface area contributed by atoms with Gasteiger partial charge in [0.2, 0.25) is 0 Å². The summed E-state index contributed by atoms with van der Waals surface area (Å²) >= 11 is 1.72. The van der Waals surface area contributed by atoms with Crippen LogP contribution in [0.2, 0.25) is 0 Å². The number of benzene rings is 1. The van der Waals surface area contributed by atoms with Crippen LogP contribution in [-0.2, 0) is 13.2 Å². The molecule has 1 heterocycles. The van der Waals surface area contributed by atoms with Gasteiger partial charge in [-0.3, -0.25) is 4.98 Å². The first-order valence-electron chi connectivity index (χ1n) is 5.72. The van der Waals surface area contributed by atoms with E-state index in [1.807, 2.05) is 36.4 Å². The number of ether oxygens (including phenoxy) is 1. The van der Waals surface area contributed by atoms with Gasteiger partial charge >= 0.3 is 0 Å². The second kappa shape index (κ2) is 6.42. The smallest absolute Gasteiger partial charge is 0.130 e. The average molecular weight is 260 g/mol. The summed E-state index contributed by atoms with van der Waals surface area (Å²) in [5.41, 5.74) is 7.45. The molecule has 2 rings (SSSR count). The topological polar surface area (TPSA) is 48.1 Å². The zero-order valence-electron chi connectivity index (χ0n) is 10.3. The normalized spacial score (nSPS) is 10.3. The van der Waals surface area contributed by atoms with Crippen LogP contribution >= 0.6 is 11.8 Å². The van der Waals surface area contributed by atoms with E-state index in [1.54, 1.807) is 18.0 Å². The van der Waals surface area contributed by atoms with Crippen molar-refractivity contribution in [1.82, 2.24) is 4.98 Å². The monoisotopic (exact) mass is 260 g/mol. The van der Waals surface area contributed by atoms with E-state index in [4.69, 9.17) is 10.5 Å². The summed E-state index contributed by atoms with van der Waals surface area (Å²) in [5.74, 6) is 0.859. The molecule has 0 saturated heterocycles. The highest BCUT2D eigenvalue weighted by Crippen LogP contribution is 2.19. The first-order chi connectivity index (χ1) is 8.81. The molecule has 0 aliphatic heterocycles. The first kappa shape index (κ1) is 12.9. The van der Waals surface area contributed by atoms with Crippen LogP contribution in [0.3, 0.4) is 0 Å². The number of hydrogen-bond donors (Lipinski definition) is 1. The number of pyridine rings is 1. The lowest BCUT2D eigenvalue weighted by Gasteiger charge is -2.06. The number of nitrogens with two attached hydrogens (primary N) is 1. The molecular weight excluding hydrogens is 244 g/mol. The van der Waals surface area contributed by atoms with E-state index in [-0.39, 0.29) is 0 Å². The Balaban J connectivity index is 1.93. The number of rotatable bonds is 5. The van der Waals surface area contributed by atoms with Crippen molar-refractivity contribution in [3.05, 3.63) is 53.9 Å². The molecule has 1 aromatic heterocycles. The molecule has 0 spiro atoms. The molecule has 18 heavy (non-hydrogen) atoms. The molecule has 0 unspecified atom stereocenters. The maximum Gasteiger partial charge on any atom is 0.130 e. The summed E-state index contributed by atoms with van der Waals surface area (Å²) in [4.78, 5) is 5.52. The van der Waals surface area contributed by atoms with Crippen molar-refractivity contribution in [2.24, 2.45) is 5.73 Å². The maximum absolute atomic E-state index is 5.66. The van der Waals surface area contributed by atoms with Gasteiger partial charge in [0.25, 0.3) is 0 Å². The standard InChI is InChI=1S/C14H16N2OS/c1-18-14-6-4-13(5-7-14)17-10-12-3-2-11(8-15)9-16-12/h2-7,9H,8,10,15H2,1H3. The van der Waals surface area contributed by atoms with Crippen molar-refractivity contribution in [3.63, 3.8) is 0 Å². The molecule has 3 nitrogen and oxygen atoms in total. The Morgan fingerprint density at radius 3 is 2.50 bits per heavy atom. The molecule has 94 valence electrons. The number of aromatic nitrogens is 1. The van der Waals surface area contributed by atoms with E-state index in [9.17, 15) is 0 Å². The van der Waals surface area contributed by atoms with Crippen LogP contribution in [0.15, 0.2) is 47.5 Å². The maximum atomic E-state index is 5.66. The fraction of sp³-hybridized carbons (Fsp3) is 0.214. The van der Waals surface area contributed by atoms with Gasteiger partial charge in [-0.05, 0) is 42.2 Å². The first-order valence-corrected chi connectivity index (χ1v) is 6.95. The third kappa shape index (κ3) is 3.48. The van der Waals surface area contributed by atoms with Crippen molar-refractivity contribution >= 4 is 11.8 Å². The lowest BCUT2D eigenvalue weighted by atomic mass is 10.2. The van der Waals surface area contributed by atoms with Crippen LogP contribution in [0, 0.1) is 0 Å². The summed E-state index contributed by atoms with van der Waals surface area (Å²) in [6.45, 7) is 0.994. The second-order valence-electron chi connectivity index (χ2n) is 3.83. The Hall–Kier alpha value is -1.52. The summed E-state index contributed by atoms with van der Waals surface area (Å²) in [5, 5.41) is 0. The van der Waals surface area contributed by atoms with Crippen molar-refractivity contribution in [1.29, 1.82) is 0 Å². The van der Waals surface area contributed by atoms with Crippen LogP contribution < -0.4 is 10.5 Å². The van der Waals surface area contributed by atoms with Crippen molar-refractivity contribution in [3.8, 4) is 5.75 Å². The predicted octanol–water partition coefficient (Wildman–Crippen LogP) is 2.84.